The Labute approximate surface area is 128 Å². The number of amides is 3. The fourth-order valence-electron chi connectivity index (χ4n) is 0.984. The van der Waals surface area contributed by atoms with Gasteiger partial charge in [-0.25, -0.2) is 9.59 Å². The lowest BCUT2D eigenvalue weighted by molar-refractivity contribution is -0.143. The van der Waals surface area contributed by atoms with Gasteiger partial charge in [-0.3, -0.25) is 4.79 Å². The van der Waals surface area contributed by atoms with Crippen molar-refractivity contribution in [3.63, 3.8) is 0 Å². The highest BCUT2D eigenvalue weighted by atomic mass is 16.5. The first kappa shape index (κ1) is 24.2. The van der Waals surface area contributed by atoms with E-state index in [9.17, 15) is 14.4 Å². The second-order valence-corrected chi connectivity index (χ2v) is 4.25. The molecule has 4 N–H and O–H groups in total. The molecule has 0 spiro atoms. The SMILES string of the molecule is CC.CCC.COC(=O)C(NC(=O)NCC(N)=O)C(C)C. The van der Waals surface area contributed by atoms with Gasteiger partial charge < -0.3 is 21.1 Å². The molecule has 21 heavy (non-hydrogen) atoms. The minimum Gasteiger partial charge on any atom is -0.467 e. The quantitative estimate of drug-likeness (QED) is 0.667. The van der Waals surface area contributed by atoms with Crippen molar-refractivity contribution in [1.82, 2.24) is 10.6 Å². The van der Waals surface area contributed by atoms with E-state index in [1.54, 1.807) is 13.8 Å². The highest BCUT2D eigenvalue weighted by Crippen LogP contribution is 2.02. The molecule has 0 aromatic heterocycles. The smallest absolute Gasteiger partial charge is 0.328 e. The zero-order valence-corrected chi connectivity index (χ0v) is 14.3. The van der Waals surface area contributed by atoms with E-state index in [2.05, 4.69) is 29.2 Å². The van der Waals surface area contributed by atoms with Crippen molar-refractivity contribution in [3.05, 3.63) is 0 Å². The Morgan fingerprint density at radius 2 is 1.57 bits per heavy atom. The number of hydrogen-bond donors (Lipinski definition) is 3. The summed E-state index contributed by atoms with van der Waals surface area (Å²) in [6, 6.07) is -1.39. The normalized spacial score (nSPS) is 10.1. The molecule has 0 saturated heterocycles. The van der Waals surface area contributed by atoms with Gasteiger partial charge in [0.2, 0.25) is 5.91 Å². The van der Waals surface area contributed by atoms with Crippen LogP contribution in [0.4, 0.5) is 4.79 Å². The van der Waals surface area contributed by atoms with Crippen LogP contribution in [0.2, 0.25) is 0 Å². The molecule has 0 heterocycles. The van der Waals surface area contributed by atoms with E-state index in [-0.39, 0.29) is 12.5 Å². The van der Waals surface area contributed by atoms with E-state index in [1.165, 1.54) is 13.5 Å². The molecule has 7 heteroatoms. The molecule has 7 nitrogen and oxygen atoms in total. The van der Waals surface area contributed by atoms with Gasteiger partial charge in [0.25, 0.3) is 0 Å². The first-order valence-corrected chi connectivity index (χ1v) is 7.20. The number of nitrogens with one attached hydrogen (secondary N) is 2. The number of urea groups is 1. The lowest BCUT2D eigenvalue weighted by Crippen LogP contribution is -2.50. The molecule has 0 radical (unpaired) electrons. The minimum absolute atomic E-state index is 0.119. The van der Waals surface area contributed by atoms with Gasteiger partial charge in [-0.2, -0.15) is 0 Å². The highest BCUT2D eigenvalue weighted by Gasteiger charge is 2.24. The van der Waals surface area contributed by atoms with Crippen molar-refractivity contribution < 1.29 is 19.1 Å². The summed E-state index contributed by atoms with van der Waals surface area (Å²) in [6.45, 7) is 11.5. The molecular weight excluding hydrogens is 274 g/mol. The average molecular weight is 305 g/mol. The van der Waals surface area contributed by atoms with Crippen molar-refractivity contribution in [1.29, 1.82) is 0 Å². The van der Waals surface area contributed by atoms with Gasteiger partial charge in [0.05, 0.1) is 13.7 Å². The Morgan fingerprint density at radius 1 is 1.14 bits per heavy atom. The average Bonchev–Trinajstić information content (AvgIpc) is 2.44. The zero-order chi connectivity index (χ0) is 17.4. The summed E-state index contributed by atoms with van der Waals surface area (Å²) >= 11 is 0. The standard InChI is InChI=1S/C9H17N3O4.C3H8.C2H6/c1-5(2)7(8(14)16-3)12-9(15)11-4-6(10)13;1-3-2;1-2/h5,7H,4H2,1-3H3,(H2,10,13)(H2,11,12,15);3H2,1-2H3;1-2H3. The fraction of sp³-hybridized carbons (Fsp3) is 0.786. The Balaban J connectivity index is -0.000000569. The highest BCUT2D eigenvalue weighted by molar-refractivity contribution is 5.86. The third-order valence-electron chi connectivity index (χ3n) is 1.83. The molecule has 3 amide bonds. The van der Waals surface area contributed by atoms with Gasteiger partial charge in [0, 0.05) is 0 Å². The van der Waals surface area contributed by atoms with Crippen molar-refractivity contribution in [2.75, 3.05) is 13.7 Å². The maximum absolute atomic E-state index is 11.3. The number of nitrogens with two attached hydrogens (primary N) is 1. The number of carbonyl (C=O) groups is 3. The molecule has 0 aliphatic rings. The molecular formula is C14H31N3O4. The van der Waals surface area contributed by atoms with Crippen LogP contribution in [0.5, 0.6) is 0 Å². The van der Waals surface area contributed by atoms with Crippen LogP contribution in [-0.2, 0) is 14.3 Å². The summed E-state index contributed by atoms with van der Waals surface area (Å²) in [7, 11) is 1.24. The second-order valence-electron chi connectivity index (χ2n) is 4.25. The maximum atomic E-state index is 11.3. The van der Waals surface area contributed by atoms with Crippen LogP contribution in [0, 0.1) is 5.92 Å². The summed E-state index contributed by atoms with van der Waals surface area (Å²) in [4.78, 5) is 32.9. The van der Waals surface area contributed by atoms with Gasteiger partial charge in [0.1, 0.15) is 6.04 Å². The lowest BCUT2D eigenvalue weighted by atomic mass is 10.1. The Bertz CT molecular complexity index is 294. The summed E-state index contributed by atoms with van der Waals surface area (Å²) < 4.78 is 4.53. The number of rotatable bonds is 5. The molecule has 0 aliphatic heterocycles. The molecule has 0 saturated carbocycles. The first-order valence-electron chi connectivity index (χ1n) is 7.20. The van der Waals surface area contributed by atoms with Crippen LogP contribution in [0.15, 0.2) is 0 Å². The number of primary amides is 1. The number of esters is 1. The zero-order valence-electron chi connectivity index (χ0n) is 14.3. The van der Waals surface area contributed by atoms with Crippen molar-refractivity contribution in [2.45, 2.75) is 54.0 Å². The van der Waals surface area contributed by atoms with Crippen LogP contribution >= 0.6 is 0 Å². The van der Waals surface area contributed by atoms with Gasteiger partial charge in [-0.15, -0.1) is 0 Å². The largest absolute Gasteiger partial charge is 0.467 e. The summed E-state index contributed by atoms with van der Waals surface area (Å²) in [5, 5.41) is 4.60. The third kappa shape index (κ3) is 16.2. The molecule has 0 aliphatic carbocycles. The second kappa shape index (κ2) is 16.3. The van der Waals surface area contributed by atoms with Gasteiger partial charge in [0.15, 0.2) is 0 Å². The van der Waals surface area contributed by atoms with E-state index in [0.717, 1.165) is 0 Å². The molecule has 0 aromatic rings. The first-order chi connectivity index (χ1) is 9.79. The fourth-order valence-corrected chi connectivity index (χ4v) is 0.984. The van der Waals surface area contributed by atoms with Crippen LogP contribution in [0.3, 0.4) is 0 Å². The van der Waals surface area contributed by atoms with E-state index in [4.69, 9.17) is 5.73 Å². The monoisotopic (exact) mass is 305 g/mol. The van der Waals surface area contributed by atoms with Gasteiger partial charge >= 0.3 is 12.0 Å². The van der Waals surface area contributed by atoms with E-state index in [0.29, 0.717) is 0 Å². The molecule has 0 fully saturated rings. The minimum atomic E-state index is -0.752. The van der Waals surface area contributed by atoms with Crippen LogP contribution in [0.25, 0.3) is 0 Å². The summed E-state index contributed by atoms with van der Waals surface area (Å²) in [5.74, 6) is -1.31. The van der Waals surface area contributed by atoms with Crippen LogP contribution in [0.1, 0.15) is 48.0 Å². The third-order valence-corrected chi connectivity index (χ3v) is 1.83. The van der Waals surface area contributed by atoms with Gasteiger partial charge in [-0.1, -0.05) is 48.0 Å². The van der Waals surface area contributed by atoms with Crippen LogP contribution < -0.4 is 16.4 Å². The molecule has 126 valence electrons. The predicted octanol–water partition coefficient (Wildman–Crippen LogP) is 1.41. The van der Waals surface area contributed by atoms with Crippen LogP contribution in [-0.4, -0.2) is 37.6 Å². The topological polar surface area (TPSA) is 111 Å². The molecule has 1 unspecified atom stereocenters. The molecule has 0 bridgehead atoms. The number of carbonyl (C=O) groups excluding carboxylic acids is 3. The number of ether oxygens (including phenoxy) is 1. The van der Waals surface area contributed by atoms with Crippen molar-refractivity contribution in [2.24, 2.45) is 11.7 Å². The Hall–Kier alpha value is -1.79. The summed E-state index contributed by atoms with van der Waals surface area (Å²) in [5.41, 5.74) is 4.84. The van der Waals surface area contributed by atoms with Crippen molar-refractivity contribution >= 4 is 17.9 Å². The van der Waals surface area contributed by atoms with E-state index in [1.807, 2.05) is 13.8 Å². The molecule has 0 aromatic carbocycles. The van der Waals surface area contributed by atoms with Gasteiger partial charge in [-0.05, 0) is 5.92 Å². The molecule has 1 atom stereocenters. The Morgan fingerprint density at radius 3 is 1.86 bits per heavy atom. The maximum Gasteiger partial charge on any atom is 0.328 e. The lowest BCUT2D eigenvalue weighted by Gasteiger charge is -2.19. The Kier molecular flexibility index (Phi) is 18.8. The van der Waals surface area contributed by atoms with Crippen molar-refractivity contribution in [3.8, 4) is 0 Å². The van der Waals surface area contributed by atoms with E-state index >= 15 is 0 Å². The predicted molar refractivity (Wildman–Crippen MR) is 83.7 cm³/mol. The summed E-state index contributed by atoms with van der Waals surface area (Å²) in [6.07, 6.45) is 1.25. The van der Waals surface area contributed by atoms with E-state index < -0.39 is 23.9 Å². The number of methoxy groups -OCH3 is 1. The number of hydrogen-bond acceptors (Lipinski definition) is 4. The molecule has 0 rings (SSSR count).